The molecule has 4 rings (SSSR count). The lowest BCUT2D eigenvalue weighted by atomic mass is 9.98. The fourth-order valence-electron chi connectivity index (χ4n) is 3.90. The van der Waals surface area contributed by atoms with Gasteiger partial charge in [-0.05, 0) is 39.9 Å². The number of halogens is 1. The Morgan fingerprint density at radius 3 is 2.07 bits per heavy atom. The summed E-state index contributed by atoms with van der Waals surface area (Å²) in [6.45, 7) is 0.151. The molecule has 0 aromatic heterocycles. The maximum Gasteiger partial charge on any atom is 0.407 e. The molecule has 1 atom stereocenters. The number of carboxylic acids is 1. The highest BCUT2D eigenvalue weighted by atomic mass is 35.5. The first-order chi connectivity index (χ1) is 14.5. The zero-order valence-electron chi connectivity index (χ0n) is 16.0. The number of rotatable bonds is 6. The molecule has 0 saturated carbocycles. The molecule has 0 saturated heterocycles. The van der Waals surface area contributed by atoms with Crippen molar-refractivity contribution in [2.75, 3.05) is 6.61 Å². The van der Waals surface area contributed by atoms with Gasteiger partial charge in [0.25, 0.3) is 0 Å². The van der Waals surface area contributed by atoms with Crippen LogP contribution in [-0.2, 0) is 9.53 Å². The van der Waals surface area contributed by atoms with Gasteiger partial charge < -0.3 is 20.0 Å². The van der Waals surface area contributed by atoms with Gasteiger partial charge in [0.1, 0.15) is 6.61 Å². The average Bonchev–Trinajstić information content (AvgIpc) is 3.06. The van der Waals surface area contributed by atoms with Crippen molar-refractivity contribution in [3.63, 3.8) is 0 Å². The number of aliphatic carboxylic acids is 1. The smallest absolute Gasteiger partial charge is 0.407 e. The molecular weight excluding hydrogens is 402 g/mol. The molecule has 0 radical (unpaired) electrons. The summed E-state index contributed by atoms with van der Waals surface area (Å²) in [5.41, 5.74) is 5.10. The van der Waals surface area contributed by atoms with Crippen molar-refractivity contribution in [2.45, 2.75) is 18.4 Å². The minimum absolute atomic E-state index is 0.0710. The van der Waals surface area contributed by atoms with E-state index in [4.69, 9.17) is 16.3 Å². The van der Waals surface area contributed by atoms with Crippen LogP contribution in [0.5, 0.6) is 0 Å². The minimum Gasteiger partial charge on any atom is -0.550 e. The SMILES string of the molecule is O=C([O-])C[C@H](NC(=O)OCC1c2ccccc2-c2ccccc21)c1ccc(Cl)cc1. The lowest BCUT2D eigenvalue weighted by Crippen LogP contribution is -2.35. The van der Waals surface area contributed by atoms with Crippen molar-refractivity contribution in [2.24, 2.45) is 0 Å². The number of fused-ring (bicyclic) bond motifs is 3. The zero-order chi connectivity index (χ0) is 21.1. The molecule has 5 nitrogen and oxygen atoms in total. The van der Waals surface area contributed by atoms with E-state index in [9.17, 15) is 14.7 Å². The van der Waals surface area contributed by atoms with E-state index in [2.05, 4.69) is 17.4 Å². The molecule has 3 aromatic carbocycles. The van der Waals surface area contributed by atoms with Crippen LogP contribution in [0, 0.1) is 0 Å². The third-order valence-electron chi connectivity index (χ3n) is 5.28. The lowest BCUT2D eigenvalue weighted by Gasteiger charge is -2.21. The second-order valence-corrected chi connectivity index (χ2v) is 7.59. The normalized spacial score (nSPS) is 13.2. The number of ether oxygens (including phenoxy) is 1. The number of alkyl carbamates (subject to hydrolysis) is 1. The summed E-state index contributed by atoms with van der Waals surface area (Å²) in [7, 11) is 0. The average molecular weight is 421 g/mol. The van der Waals surface area contributed by atoms with Crippen LogP contribution in [0.3, 0.4) is 0 Å². The predicted octanol–water partition coefficient (Wildman–Crippen LogP) is 4.06. The quantitative estimate of drug-likeness (QED) is 0.652. The third kappa shape index (κ3) is 4.16. The van der Waals surface area contributed by atoms with Gasteiger partial charge in [0, 0.05) is 23.3 Å². The molecule has 1 aliphatic rings. The highest BCUT2D eigenvalue weighted by molar-refractivity contribution is 6.30. The molecule has 0 bridgehead atoms. The molecule has 30 heavy (non-hydrogen) atoms. The van der Waals surface area contributed by atoms with Gasteiger partial charge in [0.05, 0.1) is 6.04 Å². The maximum absolute atomic E-state index is 12.5. The van der Waals surface area contributed by atoms with E-state index in [0.29, 0.717) is 10.6 Å². The number of carboxylic acid groups (broad SMARTS) is 1. The van der Waals surface area contributed by atoms with Crippen LogP contribution in [0.1, 0.15) is 35.1 Å². The van der Waals surface area contributed by atoms with Crippen LogP contribution in [0.25, 0.3) is 11.1 Å². The van der Waals surface area contributed by atoms with Gasteiger partial charge in [-0.1, -0.05) is 72.3 Å². The first-order valence-electron chi connectivity index (χ1n) is 9.59. The first kappa shape index (κ1) is 20.0. The van der Waals surface area contributed by atoms with E-state index >= 15 is 0 Å². The Kier molecular flexibility index (Phi) is 5.72. The second kappa shape index (κ2) is 8.59. The van der Waals surface area contributed by atoms with Gasteiger partial charge in [0.2, 0.25) is 0 Å². The van der Waals surface area contributed by atoms with E-state index in [1.807, 2.05) is 36.4 Å². The summed E-state index contributed by atoms with van der Waals surface area (Å²) >= 11 is 5.89. The van der Waals surface area contributed by atoms with Crippen molar-refractivity contribution in [3.8, 4) is 11.1 Å². The number of hydrogen-bond donors (Lipinski definition) is 1. The topological polar surface area (TPSA) is 78.5 Å². The lowest BCUT2D eigenvalue weighted by molar-refractivity contribution is -0.306. The number of hydrogen-bond acceptors (Lipinski definition) is 4. The maximum atomic E-state index is 12.5. The van der Waals surface area contributed by atoms with Crippen molar-refractivity contribution in [1.82, 2.24) is 5.32 Å². The number of benzene rings is 3. The predicted molar refractivity (Wildman–Crippen MR) is 112 cm³/mol. The van der Waals surface area contributed by atoms with Crippen LogP contribution in [-0.4, -0.2) is 18.7 Å². The van der Waals surface area contributed by atoms with E-state index in [1.165, 1.54) is 0 Å². The Bertz CT molecular complexity index is 1040. The fraction of sp³-hybridized carbons (Fsp3) is 0.167. The molecule has 1 amide bonds. The number of carbonyl (C=O) groups excluding carboxylic acids is 2. The molecule has 6 heteroatoms. The van der Waals surface area contributed by atoms with Crippen molar-refractivity contribution in [1.29, 1.82) is 0 Å². The summed E-state index contributed by atoms with van der Waals surface area (Å²) in [5.74, 6) is -1.34. The molecule has 1 N–H and O–H groups in total. The Morgan fingerprint density at radius 2 is 1.50 bits per heavy atom. The zero-order valence-corrected chi connectivity index (χ0v) is 16.8. The molecule has 3 aromatic rings. The Morgan fingerprint density at radius 1 is 0.933 bits per heavy atom. The summed E-state index contributed by atoms with van der Waals surface area (Å²) < 4.78 is 5.51. The summed E-state index contributed by atoms with van der Waals surface area (Å²) in [5, 5.41) is 14.3. The fourth-order valence-corrected chi connectivity index (χ4v) is 4.02. The number of nitrogens with one attached hydrogen (secondary N) is 1. The molecular formula is C24H19ClNO4-. The monoisotopic (exact) mass is 420 g/mol. The van der Waals surface area contributed by atoms with E-state index in [1.54, 1.807) is 24.3 Å². The molecule has 152 valence electrons. The van der Waals surface area contributed by atoms with Crippen LogP contribution < -0.4 is 10.4 Å². The molecule has 1 aliphatic carbocycles. The van der Waals surface area contributed by atoms with E-state index < -0.39 is 18.1 Å². The van der Waals surface area contributed by atoms with Gasteiger partial charge in [-0.3, -0.25) is 0 Å². The molecule has 0 unspecified atom stereocenters. The van der Waals surface area contributed by atoms with E-state index in [0.717, 1.165) is 22.3 Å². The third-order valence-corrected chi connectivity index (χ3v) is 5.53. The number of amides is 1. The molecule has 0 fully saturated rings. The number of carbonyl (C=O) groups is 2. The van der Waals surface area contributed by atoms with Crippen molar-refractivity contribution in [3.05, 3.63) is 94.5 Å². The van der Waals surface area contributed by atoms with Crippen LogP contribution >= 0.6 is 11.6 Å². The molecule has 0 aliphatic heterocycles. The van der Waals surface area contributed by atoms with Crippen molar-refractivity contribution < 1.29 is 19.4 Å². The standard InChI is InChI=1S/C24H20ClNO4/c25-16-11-9-15(10-12-16)22(13-23(27)28)26-24(29)30-14-21-19-7-3-1-5-17(19)18-6-2-4-8-20(18)21/h1-12,21-22H,13-14H2,(H,26,29)(H,27,28)/p-1/t22-/m0/s1. The highest BCUT2D eigenvalue weighted by Crippen LogP contribution is 2.44. The van der Waals surface area contributed by atoms with Crippen molar-refractivity contribution >= 4 is 23.7 Å². The van der Waals surface area contributed by atoms with Gasteiger partial charge in [0.15, 0.2) is 0 Å². The Labute approximate surface area is 179 Å². The molecule has 0 heterocycles. The van der Waals surface area contributed by atoms with Gasteiger partial charge in [-0.2, -0.15) is 0 Å². The Balaban J connectivity index is 1.47. The first-order valence-corrected chi connectivity index (χ1v) is 9.97. The summed E-state index contributed by atoms with van der Waals surface area (Å²) in [4.78, 5) is 23.6. The van der Waals surface area contributed by atoms with Crippen LogP contribution in [0.2, 0.25) is 5.02 Å². The van der Waals surface area contributed by atoms with E-state index in [-0.39, 0.29) is 18.9 Å². The largest absolute Gasteiger partial charge is 0.550 e. The van der Waals surface area contributed by atoms with Crippen LogP contribution in [0.4, 0.5) is 4.79 Å². The van der Waals surface area contributed by atoms with Gasteiger partial charge >= 0.3 is 6.09 Å². The Hall–Kier alpha value is -3.31. The highest BCUT2D eigenvalue weighted by Gasteiger charge is 2.29. The van der Waals surface area contributed by atoms with Gasteiger partial charge in [-0.15, -0.1) is 0 Å². The molecule has 0 spiro atoms. The summed E-state index contributed by atoms with van der Waals surface area (Å²) in [6.07, 6.45) is -1.05. The summed E-state index contributed by atoms with van der Waals surface area (Å²) in [6, 6.07) is 21.9. The minimum atomic E-state index is -1.27. The second-order valence-electron chi connectivity index (χ2n) is 7.15. The van der Waals surface area contributed by atoms with Gasteiger partial charge in [-0.25, -0.2) is 4.79 Å². The van der Waals surface area contributed by atoms with Crippen LogP contribution in [0.15, 0.2) is 72.8 Å².